The molecule has 0 spiro atoms. The van der Waals surface area contributed by atoms with E-state index in [1.54, 1.807) is 0 Å². The molecule has 0 unspecified atom stereocenters. The van der Waals surface area contributed by atoms with Crippen LogP contribution >= 0.6 is 0 Å². The molecule has 0 saturated carbocycles. The van der Waals surface area contributed by atoms with Crippen LogP contribution in [0, 0.1) is 21.7 Å². The fourth-order valence-corrected chi connectivity index (χ4v) is 14.8. The Kier molecular flexibility index (Phi) is 35.9. The van der Waals surface area contributed by atoms with Crippen molar-refractivity contribution in [2.45, 2.75) is 314 Å². The van der Waals surface area contributed by atoms with E-state index in [1.165, 1.54) is 128 Å². The van der Waals surface area contributed by atoms with E-state index < -0.39 is 65.6 Å². The topological polar surface area (TPSA) is 105 Å². The molecule has 0 atom stereocenters. The summed E-state index contributed by atoms with van der Waals surface area (Å²) in [5, 5.41) is 0. The molecule has 0 radical (unpaired) electrons. The molecule has 384 valence electrons. The molecule has 0 aromatic rings. The average Bonchev–Trinajstić information content (AvgIpc) is 3.24. The third-order valence-corrected chi connectivity index (χ3v) is 18.7. The molecule has 0 aromatic carbocycles. The fourth-order valence-electron chi connectivity index (χ4n) is 8.34. The van der Waals surface area contributed by atoms with Crippen molar-refractivity contribution in [3.05, 3.63) is 0 Å². The van der Waals surface area contributed by atoms with Crippen molar-refractivity contribution in [3.63, 3.8) is 0 Å². The first-order valence-corrected chi connectivity index (χ1v) is 32.4. The van der Waals surface area contributed by atoms with Crippen LogP contribution in [0.1, 0.15) is 314 Å². The van der Waals surface area contributed by atoms with Crippen molar-refractivity contribution in [2.24, 2.45) is 21.7 Å². The van der Waals surface area contributed by atoms with Gasteiger partial charge < -0.3 is 0 Å². The molecular formula is C56H108O8Sn. The summed E-state index contributed by atoms with van der Waals surface area (Å²) in [6, 6.07) is 0. The van der Waals surface area contributed by atoms with Gasteiger partial charge in [0.15, 0.2) is 0 Å². The SMILES string of the molecule is CCCCCCCCCCC(C)(C)C(=O)[O][Sn]([O]C(=O)C(C)(C)CCCCCCCCCC)([O]C(=O)C(C)(C)CCCCCCCCCC)[O]C(=O)C(C)(C)CCCCCCCCCC. The van der Waals surface area contributed by atoms with E-state index >= 15 is 0 Å². The smallest absolute Gasteiger partial charge is 0.0654 e. The van der Waals surface area contributed by atoms with Crippen LogP contribution < -0.4 is 0 Å². The number of rotatable bonds is 44. The summed E-state index contributed by atoms with van der Waals surface area (Å²) in [4.78, 5) is 57.9. The number of carbonyl (C=O) groups excluding carboxylic acids is 4. The fraction of sp³-hybridized carbons (Fsp3) is 0.929. The number of carbonyl (C=O) groups is 4. The molecule has 0 N–H and O–H groups in total. The van der Waals surface area contributed by atoms with E-state index in [4.69, 9.17) is 12.3 Å². The van der Waals surface area contributed by atoms with Gasteiger partial charge in [-0.1, -0.05) is 27.7 Å². The number of hydrogen-bond acceptors (Lipinski definition) is 8. The zero-order valence-corrected chi connectivity index (χ0v) is 48.1. The first-order chi connectivity index (χ1) is 30.8. The summed E-state index contributed by atoms with van der Waals surface area (Å²) >= 11 is -6.28. The molecule has 0 amide bonds. The molecule has 0 aliphatic rings. The molecule has 8 nitrogen and oxygen atoms in total. The van der Waals surface area contributed by atoms with Gasteiger partial charge >= 0.3 is 384 Å². The van der Waals surface area contributed by atoms with Crippen LogP contribution in [0.15, 0.2) is 0 Å². The molecule has 9 heteroatoms. The first kappa shape index (κ1) is 63.7. The quantitative estimate of drug-likeness (QED) is 0.0439. The summed E-state index contributed by atoms with van der Waals surface area (Å²) in [6.45, 7) is 23.5. The maximum atomic E-state index is 14.5. The van der Waals surface area contributed by atoms with Gasteiger partial charge in [0.25, 0.3) is 0 Å². The summed E-state index contributed by atoms with van der Waals surface area (Å²) in [5.41, 5.74) is -3.99. The van der Waals surface area contributed by atoms with Gasteiger partial charge in [0.2, 0.25) is 0 Å². The third kappa shape index (κ3) is 30.7. The van der Waals surface area contributed by atoms with E-state index in [0.29, 0.717) is 25.7 Å². The second-order valence-corrected chi connectivity index (χ2v) is 27.7. The Bertz CT molecular complexity index is 1050. The molecule has 0 aliphatic carbocycles. The molecule has 0 aliphatic heterocycles. The van der Waals surface area contributed by atoms with Crippen LogP contribution in [0.2, 0.25) is 0 Å². The van der Waals surface area contributed by atoms with Gasteiger partial charge in [0.05, 0.1) is 0 Å². The van der Waals surface area contributed by atoms with Gasteiger partial charge in [0, 0.05) is 0 Å². The summed E-state index contributed by atoms with van der Waals surface area (Å²) < 4.78 is 25.3. The van der Waals surface area contributed by atoms with E-state index in [2.05, 4.69) is 27.7 Å². The second-order valence-electron chi connectivity index (χ2n) is 22.5. The van der Waals surface area contributed by atoms with Crippen LogP contribution in [-0.4, -0.2) is 43.9 Å². The van der Waals surface area contributed by atoms with Crippen molar-refractivity contribution in [1.82, 2.24) is 0 Å². The van der Waals surface area contributed by atoms with Gasteiger partial charge in [-0.2, -0.15) is 0 Å². The second kappa shape index (κ2) is 36.6. The molecule has 0 saturated heterocycles. The number of hydrogen-bond donors (Lipinski definition) is 0. The third-order valence-electron chi connectivity index (χ3n) is 13.7. The van der Waals surface area contributed by atoms with Crippen molar-refractivity contribution in [1.29, 1.82) is 0 Å². The van der Waals surface area contributed by atoms with Gasteiger partial charge in [-0.25, -0.2) is 0 Å². The minimum absolute atomic E-state index is 0.538. The Morgan fingerprint density at radius 3 is 0.554 bits per heavy atom. The first-order valence-electron chi connectivity index (χ1n) is 27.7. The van der Waals surface area contributed by atoms with E-state index in [9.17, 15) is 19.2 Å². The van der Waals surface area contributed by atoms with Gasteiger partial charge in [-0.3, -0.25) is 0 Å². The summed E-state index contributed by atoms with van der Waals surface area (Å²) in [7, 11) is 0. The van der Waals surface area contributed by atoms with Gasteiger partial charge in [-0.05, 0) is 0 Å². The van der Waals surface area contributed by atoms with E-state index in [0.717, 1.165) is 77.0 Å². The molecular weight excluding hydrogens is 919 g/mol. The monoisotopic (exact) mass is 1030 g/mol. The van der Waals surface area contributed by atoms with Crippen LogP contribution in [0.4, 0.5) is 0 Å². The van der Waals surface area contributed by atoms with Crippen LogP contribution in [0.3, 0.4) is 0 Å². The minimum atomic E-state index is -6.28. The van der Waals surface area contributed by atoms with Gasteiger partial charge in [0.1, 0.15) is 0 Å². The van der Waals surface area contributed by atoms with Crippen LogP contribution in [-0.2, 0) is 31.5 Å². The molecule has 0 fully saturated rings. The van der Waals surface area contributed by atoms with Crippen LogP contribution in [0.5, 0.6) is 0 Å². The van der Waals surface area contributed by atoms with E-state index in [-0.39, 0.29) is 0 Å². The van der Waals surface area contributed by atoms with Crippen LogP contribution in [0.25, 0.3) is 0 Å². The summed E-state index contributed by atoms with van der Waals surface area (Å²) in [6.07, 6.45) is 38.3. The average molecular weight is 1030 g/mol. The zero-order valence-electron chi connectivity index (χ0n) is 45.2. The Morgan fingerprint density at radius 2 is 0.400 bits per heavy atom. The predicted molar refractivity (Wildman–Crippen MR) is 274 cm³/mol. The Balaban J connectivity index is 6.64. The minimum Gasteiger partial charge on any atom is -0.0654 e. The molecule has 65 heavy (non-hydrogen) atoms. The van der Waals surface area contributed by atoms with Crippen molar-refractivity contribution >= 4 is 43.9 Å². The van der Waals surface area contributed by atoms with Crippen molar-refractivity contribution < 1.29 is 31.5 Å². The predicted octanol–water partition coefficient (Wildman–Crippen LogP) is 17.8. The number of unbranched alkanes of at least 4 members (excludes halogenated alkanes) is 28. The molecule has 0 aromatic heterocycles. The molecule has 0 bridgehead atoms. The molecule has 0 rings (SSSR count). The zero-order chi connectivity index (χ0) is 49.1. The summed E-state index contributed by atoms with van der Waals surface area (Å²) in [5.74, 6) is -2.64. The Morgan fingerprint density at radius 1 is 0.262 bits per heavy atom. The van der Waals surface area contributed by atoms with Gasteiger partial charge in [-0.15, -0.1) is 0 Å². The normalized spacial score (nSPS) is 12.6. The van der Waals surface area contributed by atoms with Crippen molar-refractivity contribution in [2.75, 3.05) is 0 Å². The Hall–Kier alpha value is -1.32. The van der Waals surface area contributed by atoms with E-state index in [1.807, 2.05) is 55.4 Å². The standard InChI is InChI=1S/4C14H28O2.Sn/c4*1-4-5-6-7-8-9-10-11-12-14(2,3)13(15)16;/h4*4-12H2,1-3H3,(H,15,16);/q;;;;+4/p-4. The van der Waals surface area contributed by atoms with Crippen molar-refractivity contribution in [3.8, 4) is 0 Å². The Labute approximate surface area is 409 Å². The maximum absolute atomic E-state index is 14.5. The molecule has 0 heterocycles.